The minimum Gasteiger partial charge on any atom is -0.484 e. The second-order valence-electron chi connectivity index (χ2n) is 6.97. The standard InChI is InChI=1S/C21H25N3O4/c1-23-11-5-8-18(21(23)27)20(26)22-14-16-9-12-24(13-10-16)19(25)15-28-17-6-3-2-4-7-17/h2-8,11,16H,9-10,12-15H2,1H3,(H,22,26). The first kappa shape index (κ1) is 19.7. The number of aromatic nitrogens is 1. The second-order valence-corrected chi connectivity index (χ2v) is 6.97. The Kier molecular flexibility index (Phi) is 6.47. The van der Waals surface area contributed by atoms with Gasteiger partial charge >= 0.3 is 0 Å². The number of likely N-dealkylation sites (tertiary alicyclic amines) is 1. The summed E-state index contributed by atoms with van der Waals surface area (Å²) in [5.74, 6) is 0.589. The smallest absolute Gasteiger partial charge is 0.263 e. The molecule has 1 saturated heterocycles. The minimum absolute atomic E-state index is 0.0286. The molecule has 1 fully saturated rings. The van der Waals surface area contributed by atoms with Crippen molar-refractivity contribution < 1.29 is 14.3 Å². The highest BCUT2D eigenvalue weighted by atomic mass is 16.5. The molecule has 28 heavy (non-hydrogen) atoms. The summed E-state index contributed by atoms with van der Waals surface area (Å²) in [4.78, 5) is 38.3. The van der Waals surface area contributed by atoms with E-state index in [0.29, 0.717) is 25.4 Å². The summed E-state index contributed by atoms with van der Waals surface area (Å²) in [6.07, 6.45) is 3.24. The molecule has 1 N–H and O–H groups in total. The van der Waals surface area contributed by atoms with Crippen LogP contribution in [0.2, 0.25) is 0 Å². The van der Waals surface area contributed by atoms with Gasteiger partial charge in [0.2, 0.25) is 0 Å². The van der Waals surface area contributed by atoms with Crippen molar-refractivity contribution in [2.45, 2.75) is 12.8 Å². The number of nitrogens with one attached hydrogen (secondary N) is 1. The SMILES string of the molecule is Cn1cccc(C(=O)NCC2CCN(C(=O)COc3ccccc3)CC2)c1=O. The first-order chi connectivity index (χ1) is 13.5. The van der Waals surface area contributed by atoms with Crippen molar-refractivity contribution in [1.82, 2.24) is 14.8 Å². The van der Waals surface area contributed by atoms with Gasteiger partial charge in [-0.05, 0) is 43.0 Å². The number of benzene rings is 1. The van der Waals surface area contributed by atoms with E-state index in [1.807, 2.05) is 30.3 Å². The zero-order valence-corrected chi connectivity index (χ0v) is 16.0. The molecule has 0 saturated carbocycles. The molecule has 7 heteroatoms. The van der Waals surface area contributed by atoms with Crippen LogP contribution in [-0.2, 0) is 11.8 Å². The molecule has 0 bridgehead atoms. The molecule has 2 aromatic rings. The molecule has 2 amide bonds. The van der Waals surface area contributed by atoms with Crippen LogP contribution in [0.25, 0.3) is 0 Å². The van der Waals surface area contributed by atoms with Crippen LogP contribution in [0.1, 0.15) is 23.2 Å². The van der Waals surface area contributed by atoms with Crippen LogP contribution in [0, 0.1) is 5.92 Å². The highest BCUT2D eigenvalue weighted by Gasteiger charge is 2.23. The predicted molar refractivity (Wildman–Crippen MR) is 105 cm³/mol. The van der Waals surface area contributed by atoms with E-state index < -0.39 is 0 Å². The van der Waals surface area contributed by atoms with Crippen molar-refractivity contribution in [3.8, 4) is 5.75 Å². The third-order valence-electron chi connectivity index (χ3n) is 4.99. The Labute approximate surface area is 163 Å². The predicted octanol–water partition coefficient (Wildman–Crippen LogP) is 1.43. The number of para-hydroxylation sites is 1. The molecule has 0 atom stereocenters. The van der Waals surface area contributed by atoms with Crippen LogP contribution in [0.4, 0.5) is 0 Å². The van der Waals surface area contributed by atoms with Gasteiger partial charge in [0.1, 0.15) is 11.3 Å². The van der Waals surface area contributed by atoms with Gasteiger partial charge in [0.25, 0.3) is 17.4 Å². The van der Waals surface area contributed by atoms with Crippen LogP contribution in [0.3, 0.4) is 0 Å². The molecule has 3 rings (SSSR count). The number of aryl methyl sites for hydroxylation is 1. The molecule has 1 aliphatic heterocycles. The van der Waals surface area contributed by atoms with Crippen molar-refractivity contribution >= 4 is 11.8 Å². The van der Waals surface area contributed by atoms with Gasteiger partial charge in [0, 0.05) is 32.9 Å². The van der Waals surface area contributed by atoms with E-state index in [0.717, 1.165) is 12.8 Å². The molecule has 1 aromatic carbocycles. The summed E-state index contributed by atoms with van der Waals surface area (Å²) in [5.41, 5.74) is -0.158. The fourth-order valence-electron chi connectivity index (χ4n) is 3.24. The van der Waals surface area contributed by atoms with Crippen molar-refractivity contribution in [3.05, 3.63) is 64.6 Å². The maximum Gasteiger partial charge on any atom is 0.263 e. The summed E-state index contributed by atoms with van der Waals surface area (Å²) in [6, 6.07) is 12.5. The Morgan fingerprint density at radius 3 is 2.54 bits per heavy atom. The lowest BCUT2D eigenvalue weighted by atomic mass is 9.96. The maximum atomic E-state index is 12.3. The number of carbonyl (C=O) groups excluding carboxylic acids is 2. The van der Waals surface area contributed by atoms with Gasteiger partial charge in [-0.25, -0.2) is 0 Å². The summed E-state index contributed by atoms with van der Waals surface area (Å²) in [6.45, 7) is 1.82. The summed E-state index contributed by atoms with van der Waals surface area (Å²) in [5, 5.41) is 2.85. The topological polar surface area (TPSA) is 80.6 Å². The van der Waals surface area contributed by atoms with Gasteiger partial charge in [0.05, 0.1) is 0 Å². The molecule has 0 aliphatic carbocycles. The lowest BCUT2D eigenvalue weighted by Gasteiger charge is -2.32. The minimum atomic E-state index is -0.351. The number of carbonyl (C=O) groups is 2. The van der Waals surface area contributed by atoms with Gasteiger partial charge in [0.15, 0.2) is 6.61 Å². The van der Waals surface area contributed by atoms with Gasteiger partial charge in [-0.3, -0.25) is 14.4 Å². The molecule has 7 nitrogen and oxygen atoms in total. The number of hydrogen-bond donors (Lipinski definition) is 1. The lowest BCUT2D eigenvalue weighted by Crippen LogP contribution is -2.43. The first-order valence-corrected chi connectivity index (χ1v) is 9.44. The average molecular weight is 383 g/mol. The number of hydrogen-bond acceptors (Lipinski definition) is 4. The Bertz CT molecular complexity index is 871. The van der Waals surface area contributed by atoms with Gasteiger partial charge < -0.3 is 19.5 Å². The monoisotopic (exact) mass is 383 g/mol. The van der Waals surface area contributed by atoms with Crippen molar-refractivity contribution in [1.29, 1.82) is 0 Å². The molecule has 148 valence electrons. The molecular formula is C21H25N3O4. The Morgan fingerprint density at radius 2 is 1.82 bits per heavy atom. The number of piperidine rings is 1. The summed E-state index contributed by atoms with van der Waals surface area (Å²) < 4.78 is 6.90. The van der Waals surface area contributed by atoms with E-state index in [1.54, 1.807) is 24.2 Å². The first-order valence-electron chi connectivity index (χ1n) is 9.44. The zero-order chi connectivity index (χ0) is 19.9. The van der Waals surface area contributed by atoms with Crippen molar-refractivity contribution in [3.63, 3.8) is 0 Å². The van der Waals surface area contributed by atoms with E-state index in [1.165, 1.54) is 10.6 Å². The second kappa shape index (κ2) is 9.21. The molecule has 0 spiro atoms. The van der Waals surface area contributed by atoms with E-state index in [4.69, 9.17) is 4.74 Å². The van der Waals surface area contributed by atoms with Crippen LogP contribution in [0.5, 0.6) is 5.75 Å². The molecule has 1 aliphatic rings. The fraction of sp³-hybridized carbons (Fsp3) is 0.381. The average Bonchev–Trinajstić information content (AvgIpc) is 2.73. The zero-order valence-electron chi connectivity index (χ0n) is 16.0. The van der Waals surface area contributed by atoms with Crippen LogP contribution in [0.15, 0.2) is 53.5 Å². The van der Waals surface area contributed by atoms with E-state index in [2.05, 4.69) is 5.32 Å². The van der Waals surface area contributed by atoms with Gasteiger partial charge in [-0.15, -0.1) is 0 Å². The number of nitrogens with zero attached hydrogens (tertiary/aromatic N) is 2. The van der Waals surface area contributed by atoms with Crippen LogP contribution < -0.4 is 15.6 Å². The van der Waals surface area contributed by atoms with E-state index in [9.17, 15) is 14.4 Å². The van der Waals surface area contributed by atoms with Gasteiger partial charge in [-0.1, -0.05) is 18.2 Å². The number of ether oxygens (including phenoxy) is 1. The molecular weight excluding hydrogens is 358 g/mol. The summed E-state index contributed by atoms with van der Waals surface area (Å²) >= 11 is 0. The fourth-order valence-corrected chi connectivity index (χ4v) is 3.24. The van der Waals surface area contributed by atoms with Gasteiger partial charge in [-0.2, -0.15) is 0 Å². The third-order valence-corrected chi connectivity index (χ3v) is 4.99. The van der Waals surface area contributed by atoms with Crippen LogP contribution in [-0.4, -0.2) is 47.5 Å². The largest absolute Gasteiger partial charge is 0.484 e. The third kappa shape index (κ3) is 5.00. The van der Waals surface area contributed by atoms with E-state index >= 15 is 0 Å². The van der Waals surface area contributed by atoms with Crippen LogP contribution >= 0.6 is 0 Å². The lowest BCUT2D eigenvalue weighted by molar-refractivity contribution is -0.134. The number of pyridine rings is 1. The van der Waals surface area contributed by atoms with Crippen molar-refractivity contribution in [2.24, 2.45) is 13.0 Å². The van der Waals surface area contributed by atoms with E-state index in [-0.39, 0.29) is 35.5 Å². The highest BCUT2D eigenvalue weighted by molar-refractivity contribution is 5.93. The Morgan fingerprint density at radius 1 is 1.11 bits per heavy atom. The maximum absolute atomic E-state index is 12.3. The molecule has 2 heterocycles. The number of amides is 2. The molecule has 0 unspecified atom stereocenters. The molecule has 1 aromatic heterocycles. The molecule has 0 radical (unpaired) electrons. The summed E-state index contributed by atoms with van der Waals surface area (Å²) in [7, 11) is 1.62. The normalized spacial score (nSPS) is 14.5. The highest BCUT2D eigenvalue weighted by Crippen LogP contribution is 2.17. The quantitative estimate of drug-likeness (QED) is 0.818. The van der Waals surface area contributed by atoms with Crippen molar-refractivity contribution in [2.75, 3.05) is 26.2 Å². The Balaban J connectivity index is 1.41. The number of rotatable bonds is 6. The Hall–Kier alpha value is -3.09.